The van der Waals surface area contributed by atoms with Crippen molar-refractivity contribution >= 4 is 23.4 Å². The number of hydrogen-bond acceptors (Lipinski definition) is 3. The van der Waals surface area contributed by atoms with E-state index in [1.807, 2.05) is 37.3 Å². The molecule has 2 aromatic carbocycles. The normalized spacial score (nSPS) is 17.8. The summed E-state index contributed by atoms with van der Waals surface area (Å²) in [7, 11) is 0. The molecule has 0 saturated carbocycles. The smallest absolute Gasteiger partial charge is 0.244 e. The molecule has 0 bridgehead atoms. The van der Waals surface area contributed by atoms with Gasteiger partial charge in [0, 0.05) is 18.7 Å². The number of benzene rings is 2. The minimum atomic E-state index is -0.910. The van der Waals surface area contributed by atoms with E-state index in [0.717, 1.165) is 11.3 Å². The average molecular weight is 351 g/mol. The number of nitrogens with two attached hydrogens (primary N) is 1. The maximum Gasteiger partial charge on any atom is 0.244 e. The molecule has 3 amide bonds. The van der Waals surface area contributed by atoms with Crippen LogP contribution in [0.4, 0.5) is 5.69 Å². The highest BCUT2D eigenvalue weighted by molar-refractivity contribution is 6.01. The van der Waals surface area contributed by atoms with Gasteiger partial charge in [-0.15, -0.1) is 0 Å². The van der Waals surface area contributed by atoms with Crippen molar-refractivity contribution in [3.05, 3.63) is 65.7 Å². The zero-order chi connectivity index (χ0) is 18.7. The Morgan fingerprint density at radius 3 is 2.38 bits per heavy atom. The molecule has 2 aromatic rings. The van der Waals surface area contributed by atoms with Crippen LogP contribution in [0, 0.1) is 12.8 Å². The third-order valence-corrected chi connectivity index (χ3v) is 4.55. The molecule has 2 unspecified atom stereocenters. The van der Waals surface area contributed by atoms with Crippen molar-refractivity contribution in [1.82, 2.24) is 5.32 Å². The first-order chi connectivity index (χ1) is 12.5. The zero-order valence-electron chi connectivity index (χ0n) is 14.5. The summed E-state index contributed by atoms with van der Waals surface area (Å²) in [5.41, 5.74) is 7.93. The zero-order valence-corrected chi connectivity index (χ0v) is 14.5. The van der Waals surface area contributed by atoms with Gasteiger partial charge in [0.05, 0.1) is 5.92 Å². The number of carbonyl (C=O) groups excluding carboxylic acids is 3. The van der Waals surface area contributed by atoms with Gasteiger partial charge in [0.2, 0.25) is 17.7 Å². The van der Waals surface area contributed by atoms with Crippen LogP contribution in [-0.2, 0) is 14.4 Å². The number of hydrogen-bond donors (Lipinski definition) is 2. The lowest BCUT2D eigenvalue weighted by atomic mass is 10.0. The van der Waals surface area contributed by atoms with E-state index < -0.39 is 17.9 Å². The van der Waals surface area contributed by atoms with Crippen molar-refractivity contribution in [1.29, 1.82) is 0 Å². The number of rotatable bonds is 5. The lowest BCUT2D eigenvalue weighted by Crippen LogP contribution is -2.41. The Bertz CT molecular complexity index is 818. The van der Waals surface area contributed by atoms with Gasteiger partial charge in [0.1, 0.15) is 6.04 Å². The minimum absolute atomic E-state index is 0.107. The third-order valence-electron chi connectivity index (χ3n) is 4.55. The summed E-state index contributed by atoms with van der Waals surface area (Å²) >= 11 is 0. The molecule has 1 saturated heterocycles. The Hall–Kier alpha value is -3.15. The van der Waals surface area contributed by atoms with Crippen molar-refractivity contribution < 1.29 is 14.4 Å². The van der Waals surface area contributed by atoms with E-state index in [4.69, 9.17) is 5.73 Å². The highest BCUT2D eigenvalue weighted by Gasteiger charge is 2.36. The lowest BCUT2D eigenvalue weighted by Gasteiger charge is -2.19. The Kier molecular flexibility index (Phi) is 5.02. The molecule has 134 valence electrons. The first-order valence-electron chi connectivity index (χ1n) is 8.47. The molecule has 6 nitrogen and oxygen atoms in total. The van der Waals surface area contributed by atoms with E-state index in [9.17, 15) is 14.4 Å². The molecule has 2 atom stereocenters. The number of aryl methyl sites for hydroxylation is 1. The second-order valence-electron chi connectivity index (χ2n) is 6.50. The minimum Gasteiger partial charge on any atom is -0.368 e. The first-order valence-corrected chi connectivity index (χ1v) is 8.47. The van der Waals surface area contributed by atoms with Crippen LogP contribution in [-0.4, -0.2) is 24.3 Å². The van der Waals surface area contributed by atoms with Crippen LogP contribution in [0.15, 0.2) is 54.6 Å². The van der Waals surface area contributed by atoms with Crippen LogP contribution in [0.1, 0.15) is 23.6 Å². The van der Waals surface area contributed by atoms with Crippen LogP contribution in [0.3, 0.4) is 0 Å². The van der Waals surface area contributed by atoms with Crippen LogP contribution >= 0.6 is 0 Å². The molecule has 1 heterocycles. The number of nitrogens with one attached hydrogen (secondary N) is 1. The SMILES string of the molecule is Cc1ccc(N2CC(C(=O)NC(C(N)=O)c3ccccc3)CC2=O)cc1. The largest absolute Gasteiger partial charge is 0.368 e. The molecule has 0 spiro atoms. The van der Waals surface area contributed by atoms with E-state index in [1.54, 1.807) is 29.2 Å². The summed E-state index contributed by atoms with van der Waals surface area (Å²) in [6.45, 7) is 2.26. The van der Waals surface area contributed by atoms with Gasteiger partial charge in [-0.1, -0.05) is 48.0 Å². The van der Waals surface area contributed by atoms with Gasteiger partial charge < -0.3 is 16.0 Å². The van der Waals surface area contributed by atoms with Crippen LogP contribution in [0.25, 0.3) is 0 Å². The molecule has 26 heavy (non-hydrogen) atoms. The van der Waals surface area contributed by atoms with Gasteiger partial charge in [-0.25, -0.2) is 0 Å². The second-order valence-corrected chi connectivity index (χ2v) is 6.50. The Morgan fingerprint density at radius 1 is 1.12 bits per heavy atom. The Labute approximate surface area is 152 Å². The van der Waals surface area contributed by atoms with Gasteiger partial charge in [0.25, 0.3) is 0 Å². The molecule has 6 heteroatoms. The van der Waals surface area contributed by atoms with Gasteiger partial charge in [-0.3, -0.25) is 14.4 Å². The first kappa shape index (κ1) is 17.7. The summed E-state index contributed by atoms with van der Waals surface area (Å²) in [5, 5.41) is 2.68. The monoisotopic (exact) mass is 351 g/mol. The fourth-order valence-electron chi connectivity index (χ4n) is 3.08. The molecular weight excluding hydrogens is 330 g/mol. The standard InChI is InChI=1S/C20H21N3O3/c1-13-7-9-16(10-8-13)23-12-15(11-17(23)24)20(26)22-18(19(21)25)14-5-3-2-4-6-14/h2-10,15,18H,11-12H2,1H3,(H2,21,25)(H,22,26). The summed E-state index contributed by atoms with van der Waals surface area (Å²) in [5.74, 6) is -1.61. The van der Waals surface area contributed by atoms with E-state index >= 15 is 0 Å². The van der Waals surface area contributed by atoms with Crippen LogP contribution in [0.2, 0.25) is 0 Å². The van der Waals surface area contributed by atoms with Crippen molar-refractivity contribution in [2.75, 3.05) is 11.4 Å². The second kappa shape index (κ2) is 7.39. The quantitative estimate of drug-likeness (QED) is 0.858. The van der Waals surface area contributed by atoms with Crippen molar-refractivity contribution in [3.63, 3.8) is 0 Å². The highest BCUT2D eigenvalue weighted by atomic mass is 16.2. The van der Waals surface area contributed by atoms with E-state index in [2.05, 4.69) is 5.32 Å². The lowest BCUT2D eigenvalue weighted by molar-refractivity contribution is -0.130. The average Bonchev–Trinajstić information content (AvgIpc) is 3.02. The summed E-state index contributed by atoms with van der Waals surface area (Å²) < 4.78 is 0. The maximum atomic E-state index is 12.6. The van der Waals surface area contributed by atoms with Crippen molar-refractivity contribution in [2.45, 2.75) is 19.4 Å². The van der Waals surface area contributed by atoms with Crippen LogP contribution < -0.4 is 16.0 Å². The van der Waals surface area contributed by atoms with Gasteiger partial charge >= 0.3 is 0 Å². The summed E-state index contributed by atoms with van der Waals surface area (Å²) in [6.07, 6.45) is 0.111. The molecule has 1 aliphatic heterocycles. The van der Waals surface area contributed by atoms with Crippen molar-refractivity contribution in [3.8, 4) is 0 Å². The molecule has 0 radical (unpaired) electrons. The number of amides is 3. The van der Waals surface area contributed by atoms with Crippen LogP contribution in [0.5, 0.6) is 0 Å². The maximum absolute atomic E-state index is 12.6. The fourth-order valence-corrected chi connectivity index (χ4v) is 3.08. The molecular formula is C20H21N3O3. The van der Waals surface area contributed by atoms with Gasteiger partial charge in [-0.2, -0.15) is 0 Å². The van der Waals surface area contributed by atoms with E-state index in [0.29, 0.717) is 5.56 Å². The number of nitrogens with zero attached hydrogens (tertiary/aromatic N) is 1. The Morgan fingerprint density at radius 2 is 1.77 bits per heavy atom. The van der Waals surface area contributed by atoms with E-state index in [-0.39, 0.29) is 24.8 Å². The number of carbonyl (C=O) groups is 3. The van der Waals surface area contributed by atoms with Gasteiger partial charge in [0.15, 0.2) is 0 Å². The predicted molar refractivity (Wildman–Crippen MR) is 98.2 cm³/mol. The molecule has 1 fully saturated rings. The van der Waals surface area contributed by atoms with Crippen molar-refractivity contribution in [2.24, 2.45) is 11.7 Å². The highest BCUT2D eigenvalue weighted by Crippen LogP contribution is 2.26. The molecule has 0 aromatic heterocycles. The Balaban J connectivity index is 1.71. The van der Waals surface area contributed by atoms with Gasteiger partial charge in [-0.05, 0) is 24.6 Å². The van der Waals surface area contributed by atoms with E-state index in [1.165, 1.54) is 0 Å². The summed E-state index contributed by atoms with van der Waals surface area (Å²) in [6, 6.07) is 15.5. The number of anilines is 1. The summed E-state index contributed by atoms with van der Waals surface area (Å²) in [4.78, 5) is 38.3. The molecule has 1 aliphatic rings. The fraction of sp³-hybridized carbons (Fsp3) is 0.250. The number of primary amides is 1. The third kappa shape index (κ3) is 3.74. The topological polar surface area (TPSA) is 92.5 Å². The molecule has 0 aliphatic carbocycles. The molecule has 3 N–H and O–H groups in total. The molecule has 3 rings (SSSR count). The predicted octanol–water partition coefficient (Wildman–Crippen LogP) is 1.69.